The van der Waals surface area contributed by atoms with Gasteiger partial charge in [-0.05, 0) is 36.4 Å². The minimum absolute atomic E-state index is 0.0612. The SMILES string of the molecule is O=[N+]([O-])c1ccc2oc(-c3ccc(-c4nc5cc([N+](=O)[O-])ccc5o4)cc3)nc2c1. The molecule has 0 fully saturated rings. The summed E-state index contributed by atoms with van der Waals surface area (Å²) in [6.45, 7) is 0. The molecule has 10 heteroatoms. The van der Waals surface area contributed by atoms with Gasteiger partial charge in [-0.2, -0.15) is 0 Å². The molecule has 146 valence electrons. The molecule has 0 spiro atoms. The van der Waals surface area contributed by atoms with Crippen molar-refractivity contribution in [3.05, 3.63) is 80.9 Å². The van der Waals surface area contributed by atoms with Crippen molar-refractivity contribution in [3.63, 3.8) is 0 Å². The molecule has 0 bridgehead atoms. The van der Waals surface area contributed by atoms with Gasteiger partial charge in [0.2, 0.25) is 11.8 Å². The van der Waals surface area contributed by atoms with E-state index in [9.17, 15) is 20.2 Å². The Balaban J connectivity index is 1.48. The van der Waals surface area contributed by atoms with E-state index >= 15 is 0 Å². The normalized spacial score (nSPS) is 11.2. The molecule has 0 saturated heterocycles. The monoisotopic (exact) mass is 402 g/mol. The fourth-order valence-corrected chi connectivity index (χ4v) is 3.06. The van der Waals surface area contributed by atoms with Crippen LogP contribution in [-0.4, -0.2) is 19.8 Å². The first-order valence-corrected chi connectivity index (χ1v) is 8.69. The minimum atomic E-state index is -0.489. The van der Waals surface area contributed by atoms with E-state index in [0.717, 1.165) is 0 Å². The number of nitro groups is 2. The van der Waals surface area contributed by atoms with Crippen LogP contribution < -0.4 is 0 Å². The van der Waals surface area contributed by atoms with Crippen molar-refractivity contribution in [1.82, 2.24) is 9.97 Å². The van der Waals surface area contributed by atoms with E-state index in [1.807, 2.05) is 0 Å². The Morgan fingerprint density at radius 1 is 0.633 bits per heavy atom. The highest BCUT2D eigenvalue weighted by molar-refractivity contribution is 5.80. The van der Waals surface area contributed by atoms with E-state index < -0.39 is 9.85 Å². The van der Waals surface area contributed by atoms with Crippen LogP contribution in [0.4, 0.5) is 11.4 Å². The lowest BCUT2D eigenvalue weighted by atomic mass is 10.1. The second-order valence-corrected chi connectivity index (χ2v) is 6.43. The van der Waals surface area contributed by atoms with E-state index in [0.29, 0.717) is 45.1 Å². The van der Waals surface area contributed by atoms with Crippen LogP contribution >= 0.6 is 0 Å². The van der Waals surface area contributed by atoms with Gasteiger partial charge in [-0.15, -0.1) is 0 Å². The van der Waals surface area contributed by atoms with Crippen LogP contribution in [0, 0.1) is 20.2 Å². The molecule has 5 aromatic rings. The van der Waals surface area contributed by atoms with Crippen molar-refractivity contribution >= 4 is 33.6 Å². The maximum Gasteiger partial charge on any atom is 0.271 e. The van der Waals surface area contributed by atoms with Crippen molar-refractivity contribution in [2.45, 2.75) is 0 Å². The molecule has 5 rings (SSSR count). The third-order valence-electron chi connectivity index (χ3n) is 4.54. The fourth-order valence-electron chi connectivity index (χ4n) is 3.06. The van der Waals surface area contributed by atoms with Crippen molar-refractivity contribution < 1.29 is 18.7 Å². The molecule has 30 heavy (non-hydrogen) atoms. The molecule has 0 radical (unpaired) electrons. The summed E-state index contributed by atoms with van der Waals surface area (Å²) in [4.78, 5) is 29.5. The summed E-state index contributed by atoms with van der Waals surface area (Å²) in [5, 5.41) is 21.8. The van der Waals surface area contributed by atoms with Crippen LogP contribution in [0.1, 0.15) is 0 Å². The highest BCUT2D eigenvalue weighted by Crippen LogP contribution is 2.30. The first-order chi connectivity index (χ1) is 14.5. The number of fused-ring (bicyclic) bond motifs is 2. The Hall–Kier alpha value is -4.60. The lowest BCUT2D eigenvalue weighted by Gasteiger charge is -1.97. The summed E-state index contributed by atoms with van der Waals surface area (Å²) >= 11 is 0. The van der Waals surface area contributed by atoms with E-state index in [1.54, 1.807) is 24.3 Å². The Morgan fingerprint density at radius 2 is 1.03 bits per heavy atom. The molecule has 3 aromatic carbocycles. The first kappa shape index (κ1) is 17.5. The maximum atomic E-state index is 10.9. The average Bonchev–Trinajstić information content (AvgIpc) is 3.36. The quantitative estimate of drug-likeness (QED) is 0.298. The van der Waals surface area contributed by atoms with Gasteiger partial charge in [0.15, 0.2) is 11.2 Å². The molecular formula is C20H10N4O6. The van der Waals surface area contributed by atoms with Crippen molar-refractivity contribution in [2.24, 2.45) is 0 Å². The zero-order chi connectivity index (χ0) is 20.8. The van der Waals surface area contributed by atoms with Crippen molar-refractivity contribution in [2.75, 3.05) is 0 Å². The molecule has 0 amide bonds. The largest absolute Gasteiger partial charge is 0.436 e. The molecule has 2 heterocycles. The standard InChI is InChI=1S/C20H10N4O6/c25-23(26)13-5-7-17-15(9-13)21-19(29-17)11-1-2-12(4-3-11)20-22-16-10-14(24(27)28)6-8-18(16)30-20/h1-10H. The summed E-state index contributed by atoms with van der Waals surface area (Å²) in [6, 6.07) is 15.5. The number of non-ortho nitro benzene ring substituents is 2. The molecule has 0 unspecified atom stereocenters. The number of nitro benzene ring substituents is 2. The van der Waals surface area contributed by atoms with E-state index in [4.69, 9.17) is 8.83 Å². The van der Waals surface area contributed by atoms with Gasteiger partial charge in [-0.3, -0.25) is 20.2 Å². The fraction of sp³-hybridized carbons (Fsp3) is 0. The third kappa shape index (κ3) is 2.92. The van der Waals surface area contributed by atoms with Crippen LogP contribution in [0.15, 0.2) is 69.5 Å². The van der Waals surface area contributed by atoms with Gasteiger partial charge < -0.3 is 8.83 Å². The molecule has 0 N–H and O–H groups in total. The lowest BCUT2D eigenvalue weighted by molar-refractivity contribution is -0.384. The smallest absolute Gasteiger partial charge is 0.271 e. The van der Waals surface area contributed by atoms with Gasteiger partial charge in [0.1, 0.15) is 11.0 Å². The van der Waals surface area contributed by atoms with Gasteiger partial charge in [-0.1, -0.05) is 0 Å². The molecule has 10 nitrogen and oxygen atoms in total. The zero-order valence-electron chi connectivity index (χ0n) is 15.0. The van der Waals surface area contributed by atoms with Crippen LogP contribution in [-0.2, 0) is 0 Å². The number of nitrogens with zero attached hydrogens (tertiary/aromatic N) is 4. The molecule has 0 saturated carbocycles. The van der Waals surface area contributed by atoms with Crippen LogP contribution in [0.25, 0.3) is 45.1 Å². The number of aromatic nitrogens is 2. The number of hydrogen-bond donors (Lipinski definition) is 0. The highest BCUT2D eigenvalue weighted by Gasteiger charge is 2.15. The van der Waals surface area contributed by atoms with Gasteiger partial charge in [0, 0.05) is 35.4 Å². The number of rotatable bonds is 4. The summed E-state index contributed by atoms with van der Waals surface area (Å²) in [5.74, 6) is 0.649. The van der Waals surface area contributed by atoms with Crippen LogP contribution in [0.5, 0.6) is 0 Å². The highest BCUT2D eigenvalue weighted by atomic mass is 16.6. The van der Waals surface area contributed by atoms with E-state index in [-0.39, 0.29) is 11.4 Å². The minimum Gasteiger partial charge on any atom is -0.436 e. The third-order valence-corrected chi connectivity index (χ3v) is 4.54. The van der Waals surface area contributed by atoms with Gasteiger partial charge in [0.05, 0.1) is 9.85 Å². The average molecular weight is 402 g/mol. The number of hydrogen-bond acceptors (Lipinski definition) is 8. The summed E-state index contributed by atoms with van der Waals surface area (Å²) in [6.07, 6.45) is 0. The molecule has 0 aliphatic carbocycles. The summed E-state index contributed by atoms with van der Waals surface area (Å²) in [5.41, 5.74) is 2.89. The zero-order valence-corrected chi connectivity index (χ0v) is 15.0. The second kappa shape index (κ2) is 6.48. The van der Waals surface area contributed by atoms with Gasteiger partial charge in [-0.25, -0.2) is 9.97 Å². The maximum absolute atomic E-state index is 10.9. The van der Waals surface area contributed by atoms with Crippen molar-refractivity contribution in [3.8, 4) is 22.9 Å². The predicted octanol–water partition coefficient (Wildman–Crippen LogP) is 5.12. The van der Waals surface area contributed by atoms with Crippen molar-refractivity contribution in [1.29, 1.82) is 0 Å². The van der Waals surface area contributed by atoms with Gasteiger partial charge in [0.25, 0.3) is 11.4 Å². The second-order valence-electron chi connectivity index (χ2n) is 6.43. The Kier molecular flexibility index (Phi) is 3.78. The Bertz CT molecular complexity index is 1340. The Morgan fingerprint density at radius 3 is 1.40 bits per heavy atom. The molecule has 0 atom stereocenters. The number of oxazole rings is 2. The Labute approximate surface area is 166 Å². The molecule has 0 aliphatic rings. The lowest BCUT2D eigenvalue weighted by Crippen LogP contribution is -1.86. The van der Waals surface area contributed by atoms with Crippen LogP contribution in [0.3, 0.4) is 0 Å². The topological polar surface area (TPSA) is 138 Å². The number of benzene rings is 3. The molecule has 0 aliphatic heterocycles. The summed E-state index contributed by atoms with van der Waals surface area (Å²) < 4.78 is 11.4. The van der Waals surface area contributed by atoms with Gasteiger partial charge >= 0.3 is 0 Å². The van der Waals surface area contributed by atoms with Crippen LogP contribution in [0.2, 0.25) is 0 Å². The summed E-state index contributed by atoms with van der Waals surface area (Å²) in [7, 11) is 0. The predicted molar refractivity (Wildman–Crippen MR) is 106 cm³/mol. The molecule has 2 aromatic heterocycles. The first-order valence-electron chi connectivity index (χ1n) is 8.69. The molecular weight excluding hydrogens is 392 g/mol. The van der Waals surface area contributed by atoms with E-state index in [2.05, 4.69) is 9.97 Å². The van der Waals surface area contributed by atoms with E-state index in [1.165, 1.54) is 36.4 Å².